The van der Waals surface area contributed by atoms with Crippen molar-refractivity contribution in [3.05, 3.63) is 21.3 Å². The predicted molar refractivity (Wildman–Crippen MR) is 68.0 cm³/mol. The van der Waals surface area contributed by atoms with Crippen LogP contribution in [0.25, 0.3) is 0 Å². The molecule has 0 saturated heterocycles. The minimum atomic E-state index is 0.200. The van der Waals surface area contributed by atoms with Crippen molar-refractivity contribution in [2.24, 2.45) is 5.41 Å². The fourth-order valence-corrected chi connectivity index (χ4v) is 3.27. The fourth-order valence-electron chi connectivity index (χ4n) is 1.89. The number of rotatable bonds is 3. The molecule has 84 valence electrons. The Labute approximate surface area is 105 Å². The first-order valence-electron chi connectivity index (χ1n) is 5.11. The topological polar surface area (TPSA) is 12.0 Å². The van der Waals surface area contributed by atoms with Gasteiger partial charge in [0.05, 0.1) is 5.02 Å². The highest BCUT2D eigenvalue weighted by molar-refractivity contribution is 7.10. The lowest BCUT2D eigenvalue weighted by atomic mass is 9.67. The van der Waals surface area contributed by atoms with Crippen LogP contribution >= 0.6 is 34.5 Å². The summed E-state index contributed by atoms with van der Waals surface area (Å²) in [6, 6.07) is 2.46. The summed E-state index contributed by atoms with van der Waals surface area (Å²) in [5.74, 6) is 0. The molecule has 0 aliphatic heterocycles. The van der Waals surface area contributed by atoms with Crippen molar-refractivity contribution in [1.29, 1.82) is 0 Å². The summed E-state index contributed by atoms with van der Waals surface area (Å²) >= 11 is 13.9. The van der Waals surface area contributed by atoms with Crippen molar-refractivity contribution in [1.82, 2.24) is 5.32 Å². The molecule has 0 aromatic carbocycles. The van der Waals surface area contributed by atoms with E-state index in [1.165, 1.54) is 4.88 Å². The Morgan fingerprint density at radius 2 is 2.33 bits per heavy atom. The summed E-state index contributed by atoms with van der Waals surface area (Å²) in [4.78, 5) is 1.21. The maximum Gasteiger partial charge on any atom is 0.0558 e. The van der Waals surface area contributed by atoms with E-state index in [4.69, 9.17) is 23.2 Å². The summed E-state index contributed by atoms with van der Waals surface area (Å²) < 4.78 is 0. The Balaban J connectivity index is 1.88. The Bertz CT molecular complexity index is 348. The minimum absolute atomic E-state index is 0.200. The molecule has 15 heavy (non-hydrogen) atoms. The smallest absolute Gasteiger partial charge is 0.0558 e. The van der Waals surface area contributed by atoms with Crippen LogP contribution in [-0.2, 0) is 6.54 Å². The van der Waals surface area contributed by atoms with Gasteiger partial charge in [-0.1, -0.05) is 25.4 Å². The van der Waals surface area contributed by atoms with E-state index in [9.17, 15) is 0 Å². The van der Waals surface area contributed by atoms with Crippen molar-refractivity contribution >= 4 is 34.5 Å². The third-order valence-electron chi connectivity index (χ3n) is 3.35. The van der Waals surface area contributed by atoms with E-state index in [1.807, 2.05) is 11.4 Å². The molecule has 0 bridgehead atoms. The normalized spacial score (nSPS) is 28.8. The molecule has 1 N–H and O–H groups in total. The van der Waals surface area contributed by atoms with Crippen LogP contribution in [0.1, 0.15) is 25.1 Å². The fraction of sp³-hybridized carbons (Fsp3) is 0.636. The molecular weight excluding hydrogens is 249 g/mol. The van der Waals surface area contributed by atoms with Crippen molar-refractivity contribution in [3.8, 4) is 0 Å². The monoisotopic (exact) mass is 263 g/mol. The van der Waals surface area contributed by atoms with Crippen LogP contribution in [-0.4, -0.2) is 11.4 Å². The molecule has 1 saturated carbocycles. The second kappa shape index (κ2) is 4.25. The third kappa shape index (κ3) is 2.19. The maximum absolute atomic E-state index is 6.16. The number of hydrogen-bond acceptors (Lipinski definition) is 2. The first-order valence-corrected chi connectivity index (χ1v) is 6.80. The average molecular weight is 264 g/mol. The van der Waals surface area contributed by atoms with Gasteiger partial charge >= 0.3 is 0 Å². The standard InChI is InChI=1S/C11H15Cl2NS/c1-11(2)9(13)5-10(11)14-6-8-7(12)3-4-15-8/h3-4,9-10,14H,5-6H2,1-2H3. The van der Waals surface area contributed by atoms with Crippen molar-refractivity contribution in [2.45, 2.75) is 38.2 Å². The Morgan fingerprint density at radius 3 is 2.80 bits per heavy atom. The van der Waals surface area contributed by atoms with E-state index < -0.39 is 0 Å². The summed E-state index contributed by atoms with van der Waals surface area (Å²) in [5.41, 5.74) is 0.200. The van der Waals surface area contributed by atoms with Gasteiger partial charge in [-0.25, -0.2) is 0 Å². The molecule has 1 aliphatic rings. The number of alkyl halides is 1. The molecule has 1 nitrogen and oxygen atoms in total. The molecule has 4 heteroatoms. The molecule has 1 fully saturated rings. The van der Waals surface area contributed by atoms with Gasteiger partial charge in [0.1, 0.15) is 0 Å². The zero-order valence-corrected chi connectivity index (χ0v) is 11.2. The summed E-state index contributed by atoms with van der Waals surface area (Å²) in [7, 11) is 0. The molecular formula is C11H15Cl2NS. The molecule has 0 radical (unpaired) electrons. The predicted octanol–water partition coefficient (Wildman–Crippen LogP) is 3.90. The lowest BCUT2D eigenvalue weighted by Gasteiger charge is -2.49. The molecule has 1 aromatic rings. The van der Waals surface area contributed by atoms with Crippen LogP contribution in [0, 0.1) is 5.41 Å². The van der Waals surface area contributed by atoms with Gasteiger partial charge in [0.25, 0.3) is 0 Å². The van der Waals surface area contributed by atoms with E-state index in [0.29, 0.717) is 11.4 Å². The second-order valence-corrected chi connectivity index (χ2v) is 6.58. The number of hydrogen-bond donors (Lipinski definition) is 1. The van der Waals surface area contributed by atoms with Crippen molar-refractivity contribution < 1.29 is 0 Å². The van der Waals surface area contributed by atoms with Crippen LogP contribution in [0.4, 0.5) is 0 Å². The van der Waals surface area contributed by atoms with E-state index in [1.54, 1.807) is 11.3 Å². The van der Waals surface area contributed by atoms with Gasteiger partial charge in [-0.3, -0.25) is 0 Å². The van der Waals surface area contributed by atoms with E-state index in [-0.39, 0.29) is 5.41 Å². The lowest BCUT2D eigenvalue weighted by molar-refractivity contribution is 0.116. The Hall–Kier alpha value is 0.240. The SMILES string of the molecule is CC1(C)C(Cl)CC1NCc1sccc1Cl. The highest BCUT2D eigenvalue weighted by Gasteiger charge is 2.46. The molecule has 1 aliphatic carbocycles. The van der Waals surface area contributed by atoms with Gasteiger partial charge < -0.3 is 5.32 Å². The van der Waals surface area contributed by atoms with Gasteiger partial charge in [0, 0.05) is 22.8 Å². The minimum Gasteiger partial charge on any atom is -0.308 e. The van der Waals surface area contributed by atoms with Crippen LogP contribution in [0.3, 0.4) is 0 Å². The number of halogens is 2. The van der Waals surface area contributed by atoms with Crippen LogP contribution in [0.15, 0.2) is 11.4 Å². The quantitative estimate of drug-likeness (QED) is 0.816. The molecule has 0 spiro atoms. The number of nitrogens with one attached hydrogen (secondary N) is 1. The van der Waals surface area contributed by atoms with Gasteiger partial charge in [-0.15, -0.1) is 22.9 Å². The van der Waals surface area contributed by atoms with Crippen molar-refractivity contribution in [2.75, 3.05) is 0 Å². The summed E-state index contributed by atoms with van der Waals surface area (Å²) in [6.45, 7) is 5.28. The highest BCUT2D eigenvalue weighted by Crippen LogP contribution is 2.44. The molecule has 0 amide bonds. The largest absolute Gasteiger partial charge is 0.308 e. The zero-order valence-electron chi connectivity index (χ0n) is 8.89. The van der Waals surface area contributed by atoms with E-state index in [2.05, 4.69) is 19.2 Å². The van der Waals surface area contributed by atoms with Crippen molar-refractivity contribution in [3.63, 3.8) is 0 Å². The highest BCUT2D eigenvalue weighted by atomic mass is 35.5. The first kappa shape index (κ1) is 11.7. The van der Waals surface area contributed by atoms with Gasteiger partial charge in [0.2, 0.25) is 0 Å². The Morgan fingerprint density at radius 1 is 1.60 bits per heavy atom. The van der Waals surface area contributed by atoms with Gasteiger partial charge in [-0.2, -0.15) is 0 Å². The van der Waals surface area contributed by atoms with Crippen LogP contribution in [0.2, 0.25) is 5.02 Å². The van der Waals surface area contributed by atoms with E-state index >= 15 is 0 Å². The van der Waals surface area contributed by atoms with Crippen LogP contribution in [0.5, 0.6) is 0 Å². The third-order valence-corrected chi connectivity index (χ3v) is 5.48. The second-order valence-electron chi connectivity index (χ2n) is 4.65. The zero-order chi connectivity index (χ0) is 11.1. The lowest BCUT2D eigenvalue weighted by Crippen LogP contribution is -2.57. The molecule has 2 atom stereocenters. The maximum atomic E-state index is 6.16. The summed E-state index contributed by atoms with van der Waals surface area (Å²) in [6.07, 6.45) is 1.05. The molecule has 2 rings (SSSR count). The Kier molecular flexibility index (Phi) is 3.32. The molecule has 2 unspecified atom stereocenters. The molecule has 1 heterocycles. The molecule has 1 aromatic heterocycles. The van der Waals surface area contributed by atoms with Gasteiger partial charge in [-0.05, 0) is 23.3 Å². The first-order chi connectivity index (χ1) is 7.01. The number of thiophene rings is 1. The average Bonchev–Trinajstić information content (AvgIpc) is 2.58. The van der Waals surface area contributed by atoms with Crippen LogP contribution < -0.4 is 5.32 Å². The van der Waals surface area contributed by atoms with Gasteiger partial charge in [0.15, 0.2) is 0 Å². The van der Waals surface area contributed by atoms with E-state index in [0.717, 1.165) is 18.0 Å². The summed E-state index contributed by atoms with van der Waals surface area (Å²) in [5, 5.41) is 6.72.